The van der Waals surface area contributed by atoms with Crippen LogP contribution in [-0.4, -0.2) is 12.6 Å². The van der Waals surface area contributed by atoms with E-state index in [9.17, 15) is 4.79 Å². The maximum Gasteiger partial charge on any atom is 0.305 e. The van der Waals surface area contributed by atoms with Crippen molar-refractivity contribution in [3.05, 3.63) is 0 Å². The van der Waals surface area contributed by atoms with E-state index in [0.29, 0.717) is 19.4 Å². The molecule has 0 rings (SSSR count). The summed E-state index contributed by atoms with van der Waals surface area (Å²) < 4.78 is 5.06. The topological polar surface area (TPSA) is 26.3 Å². The van der Waals surface area contributed by atoms with Gasteiger partial charge in [0.15, 0.2) is 0 Å². The molecule has 0 radical (unpaired) electrons. The Morgan fingerprint density at radius 2 is 1.42 bits per heavy atom. The fraction of sp³-hybridized carbons (Fsp3) is 0.706. The van der Waals surface area contributed by atoms with Crippen molar-refractivity contribution in [2.75, 3.05) is 6.61 Å². The first-order valence-electron chi connectivity index (χ1n) is 7.26. The highest BCUT2D eigenvalue weighted by Gasteiger charge is 2.01. The van der Waals surface area contributed by atoms with Gasteiger partial charge in [-0.15, -0.1) is 23.7 Å². The first kappa shape index (κ1) is 17.6. The predicted molar refractivity (Wildman–Crippen MR) is 79.4 cm³/mol. The zero-order valence-electron chi connectivity index (χ0n) is 12.4. The first-order valence-corrected chi connectivity index (χ1v) is 7.26. The van der Waals surface area contributed by atoms with E-state index in [-0.39, 0.29) is 5.97 Å². The van der Waals surface area contributed by atoms with E-state index in [1.807, 2.05) is 6.92 Å². The lowest BCUT2D eigenvalue weighted by molar-refractivity contribution is -0.143. The summed E-state index contributed by atoms with van der Waals surface area (Å²) in [5, 5.41) is 0. The third-order valence-corrected chi connectivity index (χ3v) is 2.78. The zero-order chi connectivity index (χ0) is 14.2. The summed E-state index contributed by atoms with van der Waals surface area (Å²) >= 11 is 0. The highest BCUT2D eigenvalue weighted by Crippen LogP contribution is 2.08. The molecule has 0 aromatic carbocycles. The molecule has 0 N–H and O–H groups in total. The molecule has 106 valence electrons. The second kappa shape index (κ2) is 14.7. The van der Waals surface area contributed by atoms with E-state index >= 15 is 0 Å². The third kappa shape index (κ3) is 14.5. The van der Waals surface area contributed by atoms with Crippen LogP contribution in [0.25, 0.3) is 0 Å². The van der Waals surface area contributed by atoms with Gasteiger partial charge < -0.3 is 4.74 Å². The van der Waals surface area contributed by atoms with Crippen molar-refractivity contribution < 1.29 is 9.53 Å². The molecule has 0 aliphatic carbocycles. The van der Waals surface area contributed by atoms with Crippen molar-refractivity contribution in [1.29, 1.82) is 0 Å². The standard InChI is InChI=1S/C17H26O2/c1-3-5-7-8-9-10-11-12-13-15-17(18)19-16-14-6-4-2/h7-16H2,1-2H3. The van der Waals surface area contributed by atoms with Gasteiger partial charge in [-0.05, 0) is 26.7 Å². The van der Waals surface area contributed by atoms with Crippen molar-refractivity contribution >= 4 is 5.97 Å². The molecule has 0 fully saturated rings. The number of hydrogen-bond donors (Lipinski definition) is 0. The smallest absolute Gasteiger partial charge is 0.305 e. The maximum absolute atomic E-state index is 11.3. The lowest BCUT2D eigenvalue weighted by Gasteiger charge is -2.02. The molecule has 0 aliphatic heterocycles. The monoisotopic (exact) mass is 262 g/mol. The van der Waals surface area contributed by atoms with E-state index in [1.165, 1.54) is 25.7 Å². The van der Waals surface area contributed by atoms with E-state index in [2.05, 4.69) is 23.7 Å². The van der Waals surface area contributed by atoms with Gasteiger partial charge in [0.2, 0.25) is 0 Å². The van der Waals surface area contributed by atoms with Crippen LogP contribution < -0.4 is 0 Å². The summed E-state index contributed by atoms with van der Waals surface area (Å²) in [6, 6.07) is 0. The molecule has 0 saturated heterocycles. The molecule has 0 saturated carbocycles. The Hall–Kier alpha value is -1.41. The molecule has 0 spiro atoms. The van der Waals surface area contributed by atoms with Gasteiger partial charge in [-0.3, -0.25) is 4.79 Å². The average Bonchev–Trinajstić information content (AvgIpc) is 2.42. The van der Waals surface area contributed by atoms with Crippen molar-refractivity contribution in [1.82, 2.24) is 0 Å². The van der Waals surface area contributed by atoms with Crippen LogP contribution in [0, 0.1) is 23.7 Å². The fourth-order valence-electron chi connectivity index (χ4n) is 1.73. The molecule has 2 nitrogen and oxygen atoms in total. The van der Waals surface area contributed by atoms with Crippen molar-refractivity contribution in [2.45, 2.75) is 71.6 Å². The number of rotatable bonds is 10. The SMILES string of the molecule is CC#CCCCCCCCCC(=O)OCCC#CC. The Bertz CT molecular complexity index is 336. The Balaban J connectivity index is 3.21. The van der Waals surface area contributed by atoms with Crippen LogP contribution in [0.5, 0.6) is 0 Å². The van der Waals surface area contributed by atoms with E-state index < -0.39 is 0 Å². The minimum absolute atomic E-state index is 0.0869. The van der Waals surface area contributed by atoms with Gasteiger partial charge in [0.1, 0.15) is 6.61 Å². The van der Waals surface area contributed by atoms with Gasteiger partial charge in [-0.1, -0.05) is 25.7 Å². The highest BCUT2D eigenvalue weighted by atomic mass is 16.5. The minimum atomic E-state index is -0.0869. The number of unbranched alkanes of at least 4 members (excludes halogenated alkanes) is 6. The Morgan fingerprint density at radius 3 is 2.11 bits per heavy atom. The second-order valence-electron chi connectivity index (χ2n) is 4.45. The Kier molecular flexibility index (Phi) is 13.6. The number of esters is 1. The molecule has 0 aliphatic rings. The van der Waals surface area contributed by atoms with Gasteiger partial charge in [0, 0.05) is 19.3 Å². The van der Waals surface area contributed by atoms with Crippen molar-refractivity contribution in [3.8, 4) is 23.7 Å². The van der Waals surface area contributed by atoms with Crippen molar-refractivity contribution in [2.24, 2.45) is 0 Å². The largest absolute Gasteiger partial charge is 0.465 e. The first-order chi connectivity index (χ1) is 9.31. The molecular formula is C17H26O2. The fourth-order valence-corrected chi connectivity index (χ4v) is 1.73. The number of hydrogen-bond acceptors (Lipinski definition) is 2. The van der Waals surface area contributed by atoms with Crippen LogP contribution in [0.2, 0.25) is 0 Å². The molecule has 0 amide bonds. The Morgan fingerprint density at radius 1 is 0.842 bits per heavy atom. The van der Waals surface area contributed by atoms with Crippen LogP contribution in [0.4, 0.5) is 0 Å². The minimum Gasteiger partial charge on any atom is -0.465 e. The molecule has 0 aromatic heterocycles. The van der Waals surface area contributed by atoms with Gasteiger partial charge in [0.05, 0.1) is 0 Å². The average molecular weight is 262 g/mol. The van der Waals surface area contributed by atoms with Crippen LogP contribution in [0.15, 0.2) is 0 Å². The molecule has 0 heterocycles. The van der Waals surface area contributed by atoms with Gasteiger partial charge >= 0.3 is 5.97 Å². The van der Waals surface area contributed by atoms with Crippen LogP contribution in [0.3, 0.4) is 0 Å². The summed E-state index contributed by atoms with van der Waals surface area (Å²) in [7, 11) is 0. The van der Waals surface area contributed by atoms with Crippen LogP contribution in [0.1, 0.15) is 71.6 Å². The predicted octanol–water partition coefficient (Wildman–Crippen LogP) is 4.09. The summed E-state index contributed by atoms with van der Waals surface area (Å²) in [4.78, 5) is 11.3. The Labute approximate surface area is 118 Å². The van der Waals surface area contributed by atoms with Crippen LogP contribution in [-0.2, 0) is 9.53 Å². The molecular weight excluding hydrogens is 236 g/mol. The summed E-state index contributed by atoms with van der Waals surface area (Å²) in [6.45, 7) is 4.10. The maximum atomic E-state index is 11.3. The second-order valence-corrected chi connectivity index (χ2v) is 4.45. The lowest BCUT2D eigenvalue weighted by atomic mass is 10.1. The normalized spacial score (nSPS) is 8.95. The molecule has 2 heteroatoms. The molecule has 0 aromatic rings. The van der Waals surface area contributed by atoms with Gasteiger partial charge in [0.25, 0.3) is 0 Å². The molecule has 0 atom stereocenters. The van der Waals surface area contributed by atoms with Crippen LogP contribution >= 0.6 is 0 Å². The summed E-state index contributed by atoms with van der Waals surface area (Å²) in [6.07, 6.45) is 9.14. The molecule has 19 heavy (non-hydrogen) atoms. The number of ether oxygens (including phenoxy) is 1. The number of carbonyl (C=O) groups is 1. The van der Waals surface area contributed by atoms with Gasteiger partial charge in [-0.2, -0.15) is 0 Å². The van der Waals surface area contributed by atoms with Crippen molar-refractivity contribution in [3.63, 3.8) is 0 Å². The van der Waals surface area contributed by atoms with E-state index in [0.717, 1.165) is 19.3 Å². The quantitative estimate of drug-likeness (QED) is 0.337. The number of carbonyl (C=O) groups excluding carboxylic acids is 1. The van der Waals surface area contributed by atoms with E-state index in [4.69, 9.17) is 4.74 Å². The van der Waals surface area contributed by atoms with Gasteiger partial charge in [-0.25, -0.2) is 0 Å². The summed E-state index contributed by atoms with van der Waals surface area (Å²) in [5.41, 5.74) is 0. The molecule has 0 unspecified atom stereocenters. The molecule has 0 bridgehead atoms. The third-order valence-electron chi connectivity index (χ3n) is 2.78. The van der Waals surface area contributed by atoms with E-state index in [1.54, 1.807) is 6.92 Å². The summed E-state index contributed by atoms with van der Waals surface area (Å²) in [5.74, 6) is 11.5. The lowest BCUT2D eigenvalue weighted by Crippen LogP contribution is -2.05. The zero-order valence-corrected chi connectivity index (χ0v) is 12.4. The highest BCUT2D eigenvalue weighted by molar-refractivity contribution is 5.69.